The Morgan fingerprint density at radius 2 is 1.63 bits per heavy atom. The number of rotatable bonds is 4. The van der Waals surface area contributed by atoms with Crippen molar-refractivity contribution in [1.29, 1.82) is 0 Å². The summed E-state index contributed by atoms with van der Waals surface area (Å²) in [6, 6.07) is 19.7. The van der Waals surface area contributed by atoms with Crippen LogP contribution in [0.25, 0.3) is 10.8 Å². The van der Waals surface area contributed by atoms with Crippen LogP contribution in [0.4, 0.5) is 4.39 Å². The minimum absolute atomic E-state index is 0.0101. The Hall–Kier alpha value is -3.21. The van der Waals surface area contributed by atoms with E-state index in [1.807, 2.05) is 54.3 Å². The molecule has 0 radical (unpaired) electrons. The van der Waals surface area contributed by atoms with Crippen LogP contribution in [0.1, 0.15) is 41.7 Å². The lowest BCUT2D eigenvalue weighted by molar-refractivity contribution is -0.126. The molecule has 0 saturated carbocycles. The van der Waals surface area contributed by atoms with Crippen LogP contribution in [0, 0.1) is 11.7 Å². The third-order valence-electron chi connectivity index (χ3n) is 5.90. The number of nitrogens with zero attached hydrogens (tertiary/aromatic N) is 1. The highest BCUT2D eigenvalue weighted by Gasteiger charge is 2.29. The monoisotopic (exact) mass is 404 g/mol. The molecule has 0 aliphatic carbocycles. The van der Waals surface area contributed by atoms with E-state index < -0.39 is 0 Å². The lowest BCUT2D eigenvalue weighted by Gasteiger charge is -2.32. The van der Waals surface area contributed by atoms with Crippen LogP contribution in [0.3, 0.4) is 0 Å². The summed E-state index contributed by atoms with van der Waals surface area (Å²) in [5.74, 6) is -0.403. The van der Waals surface area contributed by atoms with Gasteiger partial charge in [0.25, 0.3) is 5.91 Å². The van der Waals surface area contributed by atoms with Crippen LogP contribution >= 0.6 is 0 Å². The number of hydrogen-bond donors (Lipinski definition) is 1. The SMILES string of the molecule is C[C@@H](NC(=O)C1CCN(C(=O)c2cccc3ccccc23)CC1)c1ccc(F)cc1. The van der Waals surface area contributed by atoms with E-state index in [-0.39, 0.29) is 29.6 Å². The Kier molecular flexibility index (Phi) is 5.79. The van der Waals surface area contributed by atoms with Crippen molar-refractivity contribution < 1.29 is 14.0 Å². The molecule has 0 unspecified atom stereocenters. The first kappa shape index (κ1) is 20.1. The highest BCUT2D eigenvalue weighted by Crippen LogP contribution is 2.24. The summed E-state index contributed by atoms with van der Waals surface area (Å²) < 4.78 is 13.1. The van der Waals surface area contributed by atoms with Crippen molar-refractivity contribution in [2.75, 3.05) is 13.1 Å². The number of likely N-dealkylation sites (tertiary alicyclic amines) is 1. The molecule has 0 bridgehead atoms. The van der Waals surface area contributed by atoms with Gasteiger partial charge in [-0.25, -0.2) is 4.39 Å². The van der Waals surface area contributed by atoms with Gasteiger partial charge < -0.3 is 10.2 Å². The zero-order valence-electron chi connectivity index (χ0n) is 17.0. The first-order chi connectivity index (χ1) is 14.5. The average molecular weight is 404 g/mol. The fraction of sp³-hybridized carbons (Fsp3) is 0.280. The maximum Gasteiger partial charge on any atom is 0.254 e. The predicted octanol–water partition coefficient (Wildman–Crippen LogP) is 4.71. The van der Waals surface area contributed by atoms with Gasteiger partial charge in [0.05, 0.1) is 6.04 Å². The van der Waals surface area contributed by atoms with Crippen LogP contribution < -0.4 is 5.32 Å². The molecule has 3 aromatic carbocycles. The standard InChI is InChI=1S/C25H25FN2O2/c1-17(18-9-11-21(26)12-10-18)27-24(29)20-13-15-28(16-14-20)25(30)23-8-4-6-19-5-2-3-7-22(19)23/h2-12,17,20H,13-16H2,1H3,(H,27,29)/t17-/m1/s1. The van der Waals surface area contributed by atoms with Crippen molar-refractivity contribution in [1.82, 2.24) is 10.2 Å². The topological polar surface area (TPSA) is 49.4 Å². The predicted molar refractivity (Wildman–Crippen MR) is 116 cm³/mol. The molecule has 30 heavy (non-hydrogen) atoms. The highest BCUT2D eigenvalue weighted by molar-refractivity contribution is 6.07. The fourth-order valence-electron chi connectivity index (χ4n) is 4.09. The molecule has 1 aliphatic rings. The average Bonchev–Trinajstić information content (AvgIpc) is 2.78. The number of hydrogen-bond acceptors (Lipinski definition) is 2. The zero-order valence-corrected chi connectivity index (χ0v) is 17.0. The van der Waals surface area contributed by atoms with E-state index in [4.69, 9.17) is 0 Å². The summed E-state index contributed by atoms with van der Waals surface area (Å²) in [6.07, 6.45) is 1.27. The maximum atomic E-state index is 13.1. The van der Waals surface area contributed by atoms with Gasteiger partial charge in [0, 0.05) is 24.6 Å². The third-order valence-corrected chi connectivity index (χ3v) is 5.90. The Morgan fingerprint density at radius 3 is 2.37 bits per heavy atom. The van der Waals surface area contributed by atoms with E-state index in [0.717, 1.165) is 16.3 Å². The van der Waals surface area contributed by atoms with Crippen molar-refractivity contribution in [3.05, 3.63) is 83.7 Å². The number of carbonyl (C=O) groups is 2. The van der Waals surface area contributed by atoms with E-state index in [1.165, 1.54) is 12.1 Å². The molecule has 3 aromatic rings. The summed E-state index contributed by atoms with van der Waals surface area (Å²) >= 11 is 0. The van der Waals surface area contributed by atoms with Gasteiger partial charge in [0.15, 0.2) is 0 Å². The molecule has 0 aromatic heterocycles. The van der Waals surface area contributed by atoms with Crippen LogP contribution in [0.15, 0.2) is 66.7 Å². The Balaban J connectivity index is 1.36. The summed E-state index contributed by atoms with van der Waals surface area (Å²) in [5.41, 5.74) is 1.58. The van der Waals surface area contributed by atoms with Crippen molar-refractivity contribution in [3.63, 3.8) is 0 Å². The normalized spacial score (nSPS) is 15.7. The van der Waals surface area contributed by atoms with E-state index >= 15 is 0 Å². The van der Waals surface area contributed by atoms with Crippen LogP contribution in [0.2, 0.25) is 0 Å². The number of amides is 2. The van der Waals surface area contributed by atoms with E-state index in [2.05, 4.69) is 5.32 Å². The van der Waals surface area contributed by atoms with Gasteiger partial charge in [0.1, 0.15) is 5.82 Å². The van der Waals surface area contributed by atoms with E-state index in [0.29, 0.717) is 31.5 Å². The molecule has 1 fully saturated rings. The van der Waals surface area contributed by atoms with Gasteiger partial charge in [-0.15, -0.1) is 0 Å². The van der Waals surface area contributed by atoms with Gasteiger partial charge >= 0.3 is 0 Å². The van der Waals surface area contributed by atoms with Gasteiger partial charge in [-0.05, 0) is 54.3 Å². The third kappa shape index (κ3) is 4.20. The lowest BCUT2D eigenvalue weighted by atomic mass is 9.94. The van der Waals surface area contributed by atoms with Crippen molar-refractivity contribution in [3.8, 4) is 0 Å². The molecule has 1 saturated heterocycles. The van der Waals surface area contributed by atoms with Gasteiger partial charge in [-0.1, -0.05) is 48.5 Å². The molecule has 4 rings (SSSR count). The number of carbonyl (C=O) groups excluding carboxylic acids is 2. The number of nitrogens with one attached hydrogen (secondary N) is 1. The maximum absolute atomic E-state index is 13.1. The van der Waals surface area contributed by atoms with E-state index in [1.54, 1.807) is 12.1 Å². The Bertz CT molecular complexity index is 1050. The molecular formula is C25H25FN2O2. The first-order valence-electron chi connectivity index (χ1n) is 10.4. The van der Waals surface area contributed by atoms with Crippen molar-refractivity contribution in [2.45, 2.75) is 25.8 Å². The van der Waals surface area contributed by atoms with Crippen LogP contribution in [-0.4, -0.2) is 29.8 Å². The summed E-state index contributed by atoms with van der Waals surface area (Å²) in [4.78, 5) is 27.6. The van der Waals surface area contributed by atoms with Gasteiger partial charge in [-0.2, -0.15) is 0 Å². The van der Waals surface area contributed by atoms with Crippen LogP contribution in [-0.2, 0) is 4.79 Å². The lowest BCUT2D eigenvalue weighted by Crippen LogP contribution is -2.43. The smallest absolute Gasteiger partial charge is 0.254 e. The molecule has 1 aliphatic heterocycles. The zero-order chi connectivity index (χ0) is 21.1. The second-order valence-corrected chi connectivity index (χ2v) is 7.88. The fourth-order valence-corrected chi connectivity index (χ4v) is 4.09. The molecule has 5 heteroatoms. The number of piperidine rings is 1. The molecule has 1 heterocycles. The van der Waals surface area contributed by atoms with Crippen molar-refractivity contribution >= 4 is 22.6 Å². The van der Waals surface area contributed by atoms with E-state index in [9.17, 15) is 14.0 Å². The summed E-state index contributed by atoms with van der Waals surface area (Å²) in [7, 11) is 0. The van der Waals surface area contributed by atoms with Crippen molar-refractivity contribution in [2.24, 2.45) is 5.92 Å². The highest BCUT2D eigenvalue weighted by atomic mass is 19.1. The molecule has 1 N–H and O–H groups in total. The van der Waals surface area contributed by atoms with Crippen LogP contribution in [0.5, 0.6) is 0 Å². The number of fused-ring (bicyclic) bond motifs is 1. The summed E-state index contributed by atoms with van der Waals surface area (Å²) in [5, 5.41) is 5.03. The Morgan fingerprint density at radius 1 is 0.967 bits per heavy atom. The van der Waals surface area contributed by atoms with Gasteiger partial charge in [-0.3, -0.25) is 9.59 Å². The minimum Gasteiger partial charge on any atom is -0.349 e. The summed E-state index contributed by atoms with van der Waals surface area (Å²) in [6.45, 7) is 3.01. The Labute approximate surface area is 175 Å². The minimum atomic E-state index is -0.291. The number of benzene rings is 3. The molecule has 0 spiro atoms. The number of halogens is 1. The van der Waals surface area contributed by atoms with Gasteiger partial charge in [0.2, 0.25) is 5.91 Å². The molecular weight excluding hydrogens is 379 g/mol. The molecule has 1 atom stereocenters. The second-order valence-electron chi connectivity index (χ2n) is 7.88. The first-order valence-corrected chi connectivity index (χ1v) is 10.4. The largest absolute Gasteiger partial charge is 0.349 e. The second kappa shape index (κ2) is 8.66. The molecule has 154 valence electrons. The quantitative estimate of drug-likeness (QED) is 0.685. The molecule has 2 amide bonds. The molecule has 4 nitrogen and oxygen atoms in total.